The predicted molar refractivity (Wildman–Crippen MR) is 73.7 cm³/mol. The molecule has 0 N–H and O–H groups in total. The van der Waals surface area contributed by atoms with Crippen molar-refractivity contribution in [1.82, 2.24) is 15.0 Å². The summed E-state index contributed by atoms with van der Waals surface area (Å²) in [5.41, 5.74) is 0.705. The molecule has 1 atom stereocenters. The average molecular weight is 257 g/mol. The van der Waals surface area contributed by atoms with E-state index in [2.05, 4.69) is 10.2 Å². The van der Waals surface area contributed by atoms with Crippen LogP contribution in [0.4, 0.5) is 0 Å². The lowest BCUT2D eigenvalue weighted by atomic mass is 9.86. The summed E-state index contributed by atoms with van der Waals surface area (Å²) in [5.74, 6) is 0.207. The Hall–Kier alpha value is -1.97. The van der Waals surface area contributed by atoms with Crippen LogP contribution in [0, 0.1) is 5.41 Å². The van der Waals surface area contributed by atoms with Crippen molar-refractivity contribution in [1.29, 1.82) is 0 Å². The normalized spacial score (nSPS) is 13.2. The number of benzene rings is 1. The van der Waals surface area contributed by atoms with Crippen LogP contribution in [0.3, 0.4) is 0 Å². The monoisotopic (exact) mass is 257 g/mol. The van der Waals surface area contributed by atoms with Crippen LogP contribution in [-0.2, 0) is 4.79 Å². The van der Waals surface area contributed by atoms with Gasteiger partial charge in [-0.3, -0.25) is 4.79 Å². The van der Waals surface area contributed by atoms with E-state index in [0.29, 0.717) is 6.42 Å². The fraction of sp³-hybridized carbons (Fsp3) is 0.400. The highest BCUT2D eigenvalue weighted by Crippen LogP contribution is 2.26. The maximum absolute atomic E-state index is 12.3. The maximum atomic E-state index is 12.3. The Morgan fingerprint density at radius 2 is 1.74 bits per heavy atom. The minimum Gasteiger partial charge on any atom is -0.299 e. The molecule has 100 valence electrons. The van der Waals surface area contributed by atoms with E-state index in [1.165, 1.54) is 0 Å². The van der Waals surface area contributed by atoms with Gasteiger partial charge in [0, 0.05) is 11.8 Å². The van der Waals surface area contributed by atoms with Gasteiger partial charge in [-0.1, -0.05) is 51.1 Å². The van der Waals surface area contributed by atoms with Crippen molar-refractivity contribution < 1.29 is 4.79 Å². The van der Waals surface area contributed by atoms with E-state index in [-0.39, 0.29) is 17.2 Å². The molecule has 2 aromatic rings. The zero-order chi connectivity index (χ0) is 13.9. The van der Waals surface area contributed by atoms with Crippen molar-refractivity contribution in [3.8, 4) is 0 Å². The predicted octanol–water partition coefficient (Wildman–Crippen LogP) is 2.87. The van der Waals surface area contributed by atoms with Gasteiger partial charge in [0.15, 0.2) is 0 Å². The molecule has 0 aliphatic rings. The Morgan fingerprint density at radius 3 is 2.26 bits per heavy atom. The first-order valence-corrected chi connectivity index (χ1v) is 6.42. The Morgan fingerprint density at radius 1 is 1.16 bits per heavy atom. The van der Waals surface area contributed by atoms with Gasteiger partial charge in [-0.2, -0.15) is 15.0 Å². The van der Waals surface area contributed by atoms with E-state index in [1.807, 2.05) is 51.1 Å². The first kappa shape index (κ1) is 13.5. The minimum atomic E-state index is -0.347. The van der Waals surface area contributed by atoms with E-state index in [0.717, 1.165) is 5.56 Å². The van der Waals surface area contributed by atoms with Crippen LogP contribution in [0.2, 0.25) is 0 Å². The number of ketones is 1. The first-order valence-electron chi connectivity index (χ1n) is 6.42. The van der Waals surface area contributed by atoms with E-state index in [9.17, 15) is 4.79 Å². The third-order valence-electron chi connectivity index (χ3n) is 3.11. The number of Topliss-reactive ketones (excluding diaryl/α,β-unsaturated/α-hetero) is 1. The van der Waals surface area contributed by atoms with Crippen molar-refractivity contribution in [3.63, 3.8) is 0 Å². The molecule has 19 heavy (non-hydrogen) atoms. The number of rotatable bonds is 4. The largest absolute Gasteiger partial charge is 0.299 e. The van der Waals surface area contributed by atoms with Crippen LogP contribution in [0.25, 0.3) is 0 Å². The van der Waals surface area contributed by atoms with Gasteiger partial charge in [0.1, 0.15) is 11.8 Å². The summed E-state index contributed by atoms with van der Waals surface area (Å²) in [4.78, 5) is 13.9. The van der Waals surface area contributed by atoms with Crippen molar-refractivity contribution in [2.75, 3.05) is 0 Å². The average Bonchev–Trinajstić information content (AvgIpc) is 2.89. The smallest absolute Gasteiger partial charge is 0.140 e. The summed E-state index contributed by atoms with van der Waals surface area (Å²) in [7, 11) is 0. The van der Waals surface area contributed by atoms with Crippen molar-refractivity contribution >= 4 is 5.78 Å². The highest BCUT2D eigenvalue weighted by molar-refractivity contribution is 5.84. The third-order valence-corrected chi connectivity index (χ3v) is 3.11. The molecule has 1 unspecified atom stereocenters. The van der Waals surface area contributed by atoms with Crippen LogP contribution in [-0.4, -0.2) is 20.8 Å². The van der Waals surface area contributed by atoms with E-state index >= 15 is 0 Å². The first-order chi connectivity index (χ1) is 8.98. The van der Waals surface area contributed by atoms with Gasteiger partial charge >= 0.3 is 0 Å². The van der Waals surface area contributed by atoms with Crippen LogP contribution in [0.1, 0.15) is 38.8 Å². The van der Waals surface area contributed by atoms with E-state index in [4.69, 9.17) is 0 Å². The van der Waals surface area contributed by atoms with Crippen LogP contribution < -0.4 is 0 Å². The second kappa shape index (κ2) is 5.34. The molecular formula is C15H19N3O. The fourth-order valence-electron chi connectivity index (χ4n) is 1.88. The number of aromatic nitrogens is 3. The molecular weight excluding hydrogens is 238 g/mol. The van der Waals surface area contributed by atoms with Crippen LogP contribution in [0.5, 0.6) is 0 Å². The molecule has 4 nitrogen and oxygen atoms in total. The number of carbonyl (C=O) groups is 1. The van der Waals surface area contributed by atoms with Crippen molar-refractivity contribution in [2.45, 2.75) is 33.2 Å². The Labute approximate surface area is 113 Å². The molecule has 0 spiro atoms. The Kier molecular flexibility index (Phi) is 3.79. The zero-order valence-electron chi connectivity index (χ0n) is 11.6. The van der Waals surface area contributed by atoms with Gasteiger partial charge in [0.05, 0.1) is 12.4 Å². The third kappa shape index (κ3) is 3.28. The molecule has 4 heteroatoms. The second-order valence-electron chi connectivity index (χ2n) is 5.65. The number of nitrogens with zero attached hydrogens (tertiary/aromatic N) is 3. The Balaban J connectivity index is 2.29. The fourth-order valence-corrected chi connectivity index (χ4v) is 1.88. The number of hydrogen-bond acceptors (Lipinski definition) is 3. The SMILES string of the molecule is CC(C)(C)C(=O)CC(c1ccccc1)n1nccn1. The minimum absolute atomic E-state index is 0.136. The van der Waals surface area contributed by atoms with Gasteiger partial charge in [-0.05, 0) is 5.56 Å². The summed E-state index contributed by atoms with van der Waals surface area (Å²) in [6.45, 7) is 5.82. The molecule has 1 aromatic heterocycles. The molecule has 0 fully saturated rings. The molecule has 0 bridgehead atoms. The van der Waals surface area contributed by atoms with Gasteiger partial charge in [-0.25, -0.2) is 0 Å². The lowest BCUT2D eigenvalue weighted by molar-refractivity contribution is -0.127. The van der Waals surface area contributed by atoms with Gasteiger partial charge in [-0.15, -0.1) is 0 Å². The zero-order valence-corrected chi connectivity index (χ0v) is 11.6. The highest BCUT2D eigenvalue weighted by Gasteiger charge is 2.27. The molecule has 0 radical (unpaired) electrons. The highest BCUT2D eigenvalue weighted by atomic mass is 16.1. The molecule has 1 aromatic carbocycles. The maximum Gasteiger partial charge on any atom is 0.140 e. The molecule has 0 saturated carbocycles. The molecule has 1 heterocycles. The summed E-state index contributed by atoms with van der Waals surface area (Å²) >= 11 is 0. The molecule has 0 aliphatic carbocycles. The van der Waals surface area contributed by atoms with Crippen molar-refractivity contribution in [2.24, 2.45) is 5.41 Å². The summed E-state index contributed by atoms with van der Waals surface area (Å²) in [6.07, 6.45) is 3.68. The lowest BCUT2D eigenvalue weighted by Crippen LogP contribution is -2.26. The van der Waals surface area contributed by atoms with Crippen LogP contribution >= 0.6 is 0 Å². The second-order valence-corrected chi connectivity index (χ2v) is 5.65. The molecule has 2 rings (SSSR count). The van der Waals surface area contributed by atoms with Gasteiger partial charge in [0.25, 0.3) is 0 Å². The standard InChI is InChI=1S/C15H19N3O/c1-15(2,3)14(19)11-13(18-16-9-10-17-18)12-7-5-4-6-8-12/h4-10,13H,11H2,1-3H3. The molecule has 0 amide bonds. The van der Waals surface area contributed by atoms with Gasteiger partial charge in [0.2, 0.25) is 0 Å². The summed E-state index contributed by atoms with van der Waals surface area (Å²) in [6, 6.07) is 9.76. The summed E-state index contributed by atoms with van der Waals surface area (Å²) in [5, 5.41) is 8.36. The Bertz CT molecular complexity index is 526. The lowest BCUT2D eigenvalue weighted by Gasteiger charge is -2.22. The number of carbonyl (C=O) groups excluding carboxylic acids is 1. The van der Waals surface area contributed by atoms with Crippen molar-refractivity contribution in [3.05, 3.63) is 48.3 Å². The topological polar surface area (TPSA) is 47.8 Å². The van der Waals surface area contributed by atoms with Gasteiger partial charge < -0.3 is 0 Å². The quantitative estimate of drug-likeness (QED) is 0.846. The van der Waals surface area contributed by atoms with E-state index in [1.54, 1.807) is 17.2 Å². The number of hydrogen-bond donors (Lipinski definition) is 0. The van der Waals surface area contributed by atoms with Crippen LogP contribution in [0.15, 0.2) is 42.7 Å². The van der Waals surface area contributed by atoms with E-state index < -0.39 is 0 Å². The summed E-state index contributed by atoms with van der Waals surface area (Å²) < 4.78 is 0. The molecule has 0 saturated heterocycles. The molecule has 0 aliphatic heterocycles.